The fraction of sp³-hybridized carbons (Fsp3) is 0.839. The molecule has 2 aliphatic rings. The Balaban J connectivity index is 1.74. The summed E-state index contributed by atoms with van der Waals surface area (Å²) >= 11 is 0. The number of aliphatic hydroxyl groups excluding tert-OH is 7. The Labute approximate surface area is 422 Å². The van der Waals surface area contributed by atoms with Crippen molar-refractivity contribution in [1.29, 1.82) is 0 Å². The second kappa shape index (κ2) is 43.4. The van der Waals surface area contributed by atoms with Crippen molar-refractivity contribution in [2.75, 3.05) is 33.0 Å². The summed E-state index contributed by atoms with van der Waals surface area (Å²) in [5.41, 5.74) is 0. The van der Waals surface area contributed by atoms with Crippen molar-refractivity contribution in [2.24, 2.45) is 0 Å². The van der Waals surface area contributed by atoms with Gasteiger partial charge in [-0.3, -0.25) is 4.79 Å². The van der Waals surface area contributed by atoms with Crippen LogP contribution in [0, 0.1) is 0 Å². The second-order valence-corrected chi connectivity index (χ2v) is 19.4. The summed E-state index contributed by atoms with van der Waals surface area (Å²) in [4.78, 5) is 13.0. The van der Waals surface area contributed by atoms with Crippen molar-refractivity contribution in [3.05, 3.63) is 48.6 Å². The minimum atomic E-state index is -1.71. The van der Waals surface area contributed by atoms with Gasteiger partial charge < -0.3 is 64.2 Å². The van der Waals surface area contributed by atoms with Crippen LogP contribution in [0.25, 0.3) is 0 Å². The molecular weight excluding hydrogens is 897 g/mol. The van der Waals surface area contributed by atoms with Gasteiger partial charge in [-0.05, 0) is 51.4 Å². The van der Waals surface area contributed by atoms with Crippen LogP contribution in [0.1, 0.15) is 200 Å². The first kappa shape index (κ1) is 64.1. The molecule has 2 aliphatic heterocycles. The van der Waals surface area contributed by atoms with Gasteiger partial charge in [0.05, 0.1) is 26.4 Å². The number of carbonyl (C=O) groups is 1. The largest absolute Gasteiger partial charge is 0.457 e. The summed E-state index contributed by atoms with van der Waals surface area (Å²) in [6, 6.07) is 0. The van der Waals surface area contributed by atoms with Gasteiger partial charge in [0.25, 0.3) is 0 Å². The fourth-order valence-corrected chi connectivity index (χ4v) is 8.63. The van der Waals surface area contributed by atoms with Gasteiger partial charge in [-0.1, -0.05) is 191 Å². The molecule has 2 saturated heterocycles. The molecule has 0 spiro atoms. The number of rotatable bonds is 44. The van der Waals surface area contributed by atoms with Gasteiger partial charge in [0.1, 0.15) is 54.9 Å². The Morgan fingerprint density at radius 1 is 0.486 bits per heavy atom. The number of allylic oxidation sites excluding steroid dienone is 8. The zero-order valence-corrected chi connectivity index (χ0v) is 43.5. The van der Waals surface area contributed by atoms with Crippen molar-refractivity contribution in [3.8, 4) is 0 Å². The highest BCUT2D eigenvalue weighted by Gasteiger charge is 2.47. The Hall–Kier alpha value is -2.05. The van der Waals surface area contributed by atoms with E-state index in [9.17, 15) is 40.5 Å². The Morgan fingerprint density at radius 3 is 1.46 bits per heavy atom. The summed E-state index contributed by atoms with van der Waals surface area (Å²) in [5, 5.41) is 72.2. The molecule has 0 saturated carbocycles. The molecule has 0 aromatic rings. The average Bonchev–Trinajstić information content (AvgIpc) is 3.36. The van der Waals surface area contributed by atoms with Gasteiger partial charge >= 0.3 is 5.97 Å². The van der Waals surface area contributed by atoms with Crippen molar-refractivity contribution < 1.29 is 69.0 Å². The highest BCUT2D eigenvalue weighted by atomic mass is 16.7. The molecule has 0 aliphatic carbocycles. The van der Waals surface area contributed by atoms with E-state index in [1.807, 2.05) is 0 Å². The minimum Gasteiger partial charge on any atom is -0.457 e. The molecule has 11 unspecified atom stereocenters. The van der Waals surface area contributed by atoms with E-state index in [4.69, 9.17) is 28.4 Å². The number of hydrogen-bond acceptors (Lipinski definition) is 14. The van der Waals surface area contributed by atoms with Crippen molar-refractivity contribution in [3.63, 3.8) is 0 Å². The minimum absolute atomic E-state index is 0.0552. The van der Waals surface area contributed by atoms with E-state index in [0.29, 0.717) is 13.0 Å². The zero-order chi connectivity index (χ0) is 50.9. The number of esters is 1. The van der Waals surface area contributed by atoms with E-state index in [-0.39, 0.29) is 25.6 Å². The summed E-state index contributed by atoms with van der Waals surface area (Å²) < 4.78 is 34.3. The Kier molecular flexibility index (Phi) is 39.7. The maximum atomic E-state index is 13.0. The lowest BCUT2D eigenvalue weighted by molar-refractivity contribution is -0.332. The van der Waals surface area contributed by atoms with Gasteiger partial charge in [-0.25, -0.2) is 0 Å². The van der Waals surface area contributed by atoms with Gasteiger partial charge in [0, 0.05) is 13.0 Å². The molecular formula is C56H100O14. The molecule has 408 valence electrons. The SMILES string of the molecule is CC/C=C\C/C=C\C/C=C\C/C=C\CCCCCCCCCOCC(COC1OC(COC2OC(CO)C(O)C(O)C2O)C(O)C(O)C1O)OC(=O)CCCCCCCCCCCCCCCCCC. The molecule has 0 radical (unpaired) electrons. The third-order valence-electron chi connectivity index (χ3n) is 13.1. The quantitative estimate of drug-likeness (QED) is 0.0172. The summed E-state index contributed by atoms with van der Waals surface area (Å²) in [7, 11) is 0. The summed E-state index contributed by atoms with van der Waals surface area (Å²) in [6.45, 7) is 3.57. The van der Waals surface area contributed by atoms with Crippen LogP contribution in [-0.4, -0.2) is 142 Å². The highest BCUT2D eigenvalue weighted by molar-refractivity contribution is 5.69. The molecule has 2 rings (SSSR count). The first-order valence-corrected chi connectivity index (χ1v) is 27.7. The molecule has 7 N–H and O–H groups in total. The van der Waals surface area contributed by atoms with Crippen LogP contribution in [0.3, 0.4) is 0 Å². The van der Waals surface area contributed by atoms with Gasteiger partial charge in [0.15, 0.2) is 12.6 Å². The Bertz CT molecular complexity index is 1340. The van der Waals surface area contributed by atoms with Gasteiger partial charge in [-0.15, -0.1) is 0 Å². The normalized spacial score (nSPS) is 25.8. The van der Waals surface area contributed by atoms with Crippen LogP contribution in [0.15, 0.2) is 48.6 Å². The monoisotopic (exact) mass is 997 g/mol. The van der Waals surface area contributed by atoms with Gasteiger partial charge in [-0.2, -0.15) is 0 Å². The average molecular weight is 997 g/mol. The number of unbranched alkanes of at least 4 members (excludes halogenated alkanes) is 22. The maximum absolute atomic E-state index is 13.0. The molecule has 0 aromatic carbocycles. The summed E-state index contributed by atoms with van der Waals surface area (Å²) in [6.07, 6.45) is 34.5. The molecule has 14 nitrogen and oxygen atoms in total. The lowest BCUT2D eigenvalue weighted by atomic mass is 9.98. The smallest absolute Gasteiger partial charge is 0.306 e. The molecule has 0 amide bonds. The van der Waals surface area contributed by atoms with Crippen LogP contribution in [0.4, 0.5) is 0 Å². The lowest BCUT2D eigenvalue weighted by Crippen LogP contribution is -2.61. The van der Waals surface area contributed by atoms with Gasteiger partial charge in [0.2, 0.25) is 0 Å². The lowest BCUT2D eigenvalue weighted by Gasteiger charge is -2.42. The maximum Gasteiger partial charge on any atom is 0.306 e. The van der Waals surface area contributed by atoms with E-state index in [1.165, 1.54) is 103 Å². The number of hydrogen-bond donors (Lipinski definition) is 7. The molecule has 70 heavy (non-hydrogen) atoms. The van der Waals surface area contributed by atoms with E-state index in [2.05, 4.69) is 62.5 Å². The van der Waals surface area contributed by atoms with Crippen molar-refractivity contribution in [2.45, 2.75) is 268 Å². The highest BCUT2D eigenvalue weighted by Crippen LogP contribution is 2.26. The van der Waals surface area contributed by atoms with E-state index in [0.717, 1.165) is 70.6 Å². The van der Waals surface area contributed by atoms with E-state index in [1.54, 1.807) is 0 Å². The third-order valence-corrected chi connectivity index (χ3v) is 13.1. The van der Waals surface area contributed by atoms with Crippen LogP contribution in [-0.2, 0) is 33.2 Å². The molecule has 11 atom stereocenters. The van der Waals surface area contributed by atoms with Crippen LogP contribution in [0.2, 0.25) is 0 Å². The first-order chi connectivity index (χ1) is 34.1. The number of carbonyl (C=O) groups excluding carboxylic acids is 1. The topological polar surface area (TPSA) is 214 Å². The van der Waals surface area contributed by atoms with Crippen molar-refractivity contribution in [1.82, 2.24) is 0 Å². The molecule has 14 heteroatoms. The Morgan fingerprint density at radius 2 is 0.929 bits per heavy atom. The molecule has 2 fully saturated rings. The van der Waals surface area contributed by atoms with Crippen molar-refractivity contribution >= 4 is 5.97 Å². The standard InChI is InChI=1S/C56H100O14/c1-3-5-7-9-11-13-15-17-19-21-22-23-24-26-28-30-32-34-36-38-40-65-42-45(68-48(58)39-37-35-33-31-29-27-25-20-18-16-14-12-10-8-6-4-2)43-66-55-54(64)52(62)50(60)47(70-55)44-67-56-53(63)51(61)49(59)46(41-57)69-56/h5,7,11,13,17,19,22-23,45-47,49-57,59-64H,3-4,6,8-10,12,14-16,18,20-21,24-44H2,1-2H3/b7-5-,13-11-,19-17-,23-22-. The number of ether oxygens (including phenoxy) is 6. The predicted octanol–water partition coefficient (Wildman–Crippen LogP) is 9.13. The summed E-state index contributed by atoms with van der Waals surface area (Å²) in [5.74, 6) is -0.379. The van der Waals surface area contributed by atoms with E-state index >= 15 is 0 Å². The third kappa shape index (κ3) is 30.2. The number of aliphatic hydroxyl groups is 7. The van der Waals surface area contributed by atoms with Crippen LogP contribution in [0.5, 0.6) is 0 Å². The van der Waals surface area contributed by atoms with Crippen LogP contribution < -0.4 is 0 Å². The molecule has 0 aromatic heterocycles. The van der Waals surface area contributed by atoms with E-state index < -0.39 is 80.7 Å². The zero-order valence-electron chi connectivity index (χ0n) is 43.5. The fourth-order valence-electron chi connectivity index (χ4n) is 8.63. The second-order valence-electron chi connectivity index (χ2n) is 19.4. The van der Waals surface area contributed by atoms with Crippen LogP contribution >= 0.6 is 0 Å². The predicted molar refractivity (Wildman–Crippen MR) is 275 cm³/mol. The molecule has 0 bridgehead atoms. The molecule has 2 heterocycles. The first-order valence-electron chi connectivity index (χ1n) is 27.7.